The molecule has 1 saturated heterocycles. The Kier molecular flexibility index (Phi) is 6.79. The summed E-state index contributed by atoms with van der Waals surface area (Å²) in [6, 6.07) is 10.6. The van der Waals surface area contributed by atoms with Crippen LogP contribution in [0.25, 0.3) is 0 Å². The number of benzene rings is 2. The molecule has 1 aliphatic rings. The summed E-state index contributed by atoms with van der Waals surface area (Å²) in [5.74, 6) is -4.26. The van der Waals surface area contributed by atoms with Crippen LogP contribution in [0.1, 0.15) is 18.4 Å². The zero-order valence-electron chi connectivity index (χ0n) is 15.9. The lowest BCUT2D eigenvalue weighted by molar-refractivity contribution is -0.116. The molecule has 3 rings (SSSR count). The molecule has 0 atom stereocenters. The summed E-state index contributed by atoms with van der Waals surface area (Å²) >= 11 is 0. The Balaban J connectivity index is 1.65. The second kappa shape index (κ2) is 9.15. The maximum absolute atomic E-state index is 13.3. The number of sulfone groups is 1. The third kappa shape index (κ3) is 5.00. The Hall–Kier alpha value is -2.43. The van der Waals surface area contributed by atoms with Gasteiger partial charge in [0.15, 0.2) is 0 Å². The smallest absolute Gasteiger partial charge is 0.341 e. The van der Waals surface area contributed by atoms with Gasteiger partial charge in [-0.15, -0.1) is 0 Å². The van der Waals surface area contributed by atoms with Crippen molar-refractivity contribution in [1.82, 2.24) is 5.32 Å². The van der Waals surface area contributed by atoms with Crippen molar-refractivity contribution in [1.29, 1.82) is 0 Å². The van der Waals surface area contributed by atoms with Gasteiger partial charge in [-0.2, -0.15) is 8.78 Å². The Morgan fingerprint density at radius 3 is 2.20 bits per heavy atom. The van der Waals surface area contributed by atoms with E-state index in [1.54, 1.807) is 12.1 Å². The third-order valence-corrected chi connectivity index (χ3v) is 6.43. The van der Waals surface area contributed by atoms with Gasteiger partial charge in [-0.05, 0) is 54.8 Å². The zero-order chi connectivity index (χ0) is 21.8. The van der Waals surface area contributed by atoms with E-state index in [2.05, 4.69) is 10.6 Å². The molecule has 0 saturated carbocycles. The minimum Gasteiger partial charge on any atom is -0.381 e. The lowest BCUT2D eigenvalue weighted by atomic mass is 9.82. The lowest BCUT2D eigenvalue weighted by Gasteiger charge is -2.38. The topological polar surface area (TPSA) is 84.5 Å². The largest absolute Gasteiger partial charge is 0.381 e. The van der Waals surface area contributed by atoms with Gasteiger partial charge in [-0.3, -0.25) is 10.1 Å². The van der Waals surface area contributed by atoms with Gasteiger partial charge in [0.25, 0.3) is 0 Å². The number of hydrogen-bond acceptors (Lipinski definition) is 5. The second-order valence-corrected chi connectivity index (χ2v) is 8.85. The normalized spacial score (nSPS) is 16.4. The molecular weight excluding hydrogens is 421 g/mol. The van der Waals surface area contributed by atoms with Gasteiger partial charge < -0.3 is 10.1 Å². The van der Waals surface area contributed by atoms with Gasteiger partial charge in [-0.25, -0.2) is 12.8 Å². The van der Waals surface area contributed by atoms with E-state index in [0.29, 0.717) is 26.1 Å². The van der Waals surface area contributed by atoms with Crippen LogP contribution < -0.4 is 10.6 Å². The summed E-state index contributed by atoms with van der Waals surface area (Å²) in [5.41, 5.74) is 0.581. The summed E-state index contributed by atoms with van der Waals surface area (Å²) < 4.78 is 66.8. The number of ether oxygens (including phenoxy) is 1. The number of carbonyl (C=O) groups excluding carboxylic acids is 1. The highest BCUT2D eigenvalue weighted by Crippen LogP contribution is 2.32. The Labute approximate surface area is 172 Å². The molecule has 1 aliphatic heterocycles. The van der Waals surface area contributed by atoms with Crippen molar-refractivity contribution in [2.24, 2.45) is 0 Å². The van der Waals surface area contributed by atoms with Crippen molar-refractivity contribution in [2.75, 3.05) is 25.1 Å². The van der Waals surface area contributed by atoms with Gasteiger partial charge in [0.1, 0.15) is 5.82 Å². The van der Waals surface area contributed by atoms with Crippen LogP contribution in [0, 0.1) is 5.82 Å². The van der Waals surface area contributed by atoms with Crippen LogP contribution in [-0.2, 0) is 24.9 Å². The Morgan fingerprint density at radius 1 is 1.03 bits per heavy atom. The molecule has 0 radical (unpaired) electrons. The van der Waals surface area contributed by atoms with Gasteiger partial charge in [0, 0.05) is 24.4 Å². The van der Waals surface area contributed by atoms with Crippen molar-refractivity contribution in [2.45, 2.75) is 29.0 Å². The number of nitrogens with one attached hydrogen (secondary N) is 2. The van der Waals surface area contributed by atoms with E-state index in [9.17, 15) is 26.4 Å². The third-order valence-electron chi connectivity index (χ3n) is 5.03. The van der Waals surface area contributed by atoms with Crippen molar-refractivity contribution in [3.05, 3.63) is 59.9 Å². The number of hydrogen-bond donors (Lipinski definition) is 2. The first-order valence-electron chi connectivity index (χ1n) is 9.24. The highest BCUT2D eigenvalue weighted by Gasteiger charge is 2.34. The van der Waals surface area contributed by atoms with Crippen LogP contribution in [-0.4, -0.2) is 39.8 Å². The molecule has 0 spiro atoms. The second-order valence-electron chi connectivity index (χ2n) is 6.93. The van der Waals surface area contributed by atoms with Crippen LogP contribution in [0.4, 0.5) is 18.9 Å². The Bertz CT molecular complexity index is 974. The van der Waals surface area contributed by atoms with Crippen LogP contribution in [0.5, 0.6) is 0 Å². The SMILES string of the molecule is O=C(CNC1(c2ccc(F)cc2)CCOCC1)Nc1ccc(S(=O)(=O)C(F)F)cc1. The zero-order valence-corrected chi connectivity index (χ0v) is 16.7. The van der Waals surface area contributed by atoms with Gasteiger partial charge in [0.05, 0.1) is 11.4 Å². The number of carbonyl (C=O) groups is 1. The van der Waals surface area contributed by atoms with Crippen molar-refractivity contribution < 1.29 is 31.1 Å². The molecule has 1 amide bonds. The number of amides is 1. The van der Waals surface area contributed by atoms with Crippen LogP contribution in [0.2, 0.25) is 0 Å². The first-order chi connectivity index (χ1) is 14.2. The fraction of sp³-hybridized carbons (Fsp3) is 0.350. The lowest BCUT2D eigenvalue weighted by Crippen LogP contribution is -2.49. The molecule has 30 heavy (non-hydrogen) atoms. The summed E-state index contributed by atoms with van der Waals surface area (Å²) in [7, 11) is -4.69. The molecule has 6 nitrogen and oxygen atoms in total. The number of anilines is 1. The quantitative estimate of drug-likeness (QED) is 0.689. The average Bonchev–Trinajstić information content (AvgIpc) is 2.74. The van der Waals surface area contributed by atoms with Crippen molar-refractivity contribution >= 4 is 21.4 Å². The summed E-state index contributed by atoms with van der Waals surface area (Å²) in [5, 5.41) is 5.82. The van der Waals surface area contributed by atoms with E-state index in [0.717, 1.165) is 17.7 Å². The van der Waals surface area contributed by atoms with Crippen LogP contribution >= 0.6 is 0 Å². The monoisotopic (exact) mass is 442 g/mol. The molecule has 162 valence electrons. The first kappa shape index (κ1) is 22.3. The molecule has 0 aromatic heterocycles. The fourth-order valence-corrected chi connectivity index (χ4v) is 4.06. The van der Waals surface area contributed by atoms with Gasteiger partial charge in [0.2, 0.25) is 15.7 Å². The van der Waals surface area contributed by atoms with Crippen LogP contribution in [0.3, 0.4) is 0 Å². The summed E-state index contributed by atoms with van der Waals surface area (Å²) in [6.45, 7) is 0.923. The molecule has 1 heterocycles. The maximum Gasteiger partial charge on any atom is 0.341 e. The highest BCUT2D eigenvalue weighted by atomic mass is 32.2. The number of rotatable bonds is 7. The molecule has 0 aliphatic carbocycles. The van der Waals surface area contributed by atoms with E-state index in [4.69, 9.17) is 4.74 Å². The van der Waals surface area contributed by atoms with E-state index in [-0.39, 0.29) is 18.0 Å². The average molecular weight is 442 g/mol. The van der Waals surface area contributed by atoms with E-state index in [1.165, 1.54) is 24.3 Å². The standard InChI is InChI=1S/C20H21F3N2O4S/c21-15-3-1-14(2-4-15)20(9-11-29-12-10-20)24-13-18(26)25-16-5-7-17(8-6-16)30(27,28)19(22)23/h1-8,19,24H,9-13H2,(H,25,26). The molecule has 0 unspecified atom stereocenters. The Morgan fingerprint density at radius 2 is 1.63 bits per heavy atom. The molecule has 1 fully saturated rings. The van der Waals surface area contributed by atoms with Gasteiger partial charge >= 0.3 is 5.76 Å². The predicted octanol–water partition coefficient (Wildman–Crippen LogP) is 3.06. The first-order valence-corrected chi connectivity index (χ1v) is 10.8. The number of alkyl halides is 2. The van der Waals surface area contributed by atoms with Crippen LogP contribution in [0.15, 0.2) is 53.4 Å². The predicted molar refractivity (Wildman–Crippen MR) is 104 cm³/mol. The van der Waals surface area contributed by atoms with Gasteiger partial charge in [-0.1, -0.05) is 12.1 Å². The summed E-state index contributed by atoms with van der Waals surface area (Å²) in [6.07, 6.45) is 1.21. The molecule has 2 N–H and O–H groups in total. The molecule has 2 aromatic rings. The molecular formula is C20H21F3N2O4S. The van der Waals surface area contributed by atoms with Crippen molar-refractivity contribution in [3.8, 4) is 0 Å². The maximum atomic E-state index is 13.3. The van der Waals surface area contributed by atoms with E-state index >= 15 is 0 Å². The van der Waals surface area contributed by atoms with E-state index in [1.807, 2.05) is 0 Å². The van der Waals surface area contributed by atoms with Crippen molar-refractivity contribution in [3.63, 3.8) is 0 Å². The highest BCUT2D eigenvalue weighted by molar-refractivity contribution is 7.91. The fourth-order valence-electron chi connectivity index (χ4n) is 3.34. The summed E-state index contributed by atoms with van der Waals surface area (Å²) in [4.78, 5) is 11.8. The van der Waals surface area contributed by atoms with E-state index < -0.39 is 31.9 Å². The molecule has 10 heteroatoms. The molecule has 0 bridgehead atoms. The number of halogens is 3. The minimum atomic E-state index is -4.69. The minimum absolute atomic E-state index is 0.0611. The molecule has 2 aromatic carbocycles.